The summed E-state index contributed by atoms with van der Waals surface area (Å²) in [7, 11) is -2.45. The van der Waals surface area contributed by atoms with Crippen LogP contribution in [0.4, 0.5) is 8.78 Å². The number of hydrogen-bond acceptors (Lipinski definition) is 3. The predicted molar refractivity (Wildman–Crippen MR) is 85.2 cm³/mol. The zero-order valence-electron chi connectivity index (χ0n) is 13.1. The van der Waals surface area contributed by atoms with Crippen molar-refractivity contribution in [3.05, 3.63) is 59.7 Å². The quantitative estimate of drug-likeness (QED) is 0.845. The highest BCUT2D eigenvalue weighted by Crippen LogP contribution is 2.37. The average Bonchev–Trinajstić information content (AvgIpc) is 3.04. The minimum atomic E-state index is -3.99. The fraction of sp³-hybridized carbons (Fsp3) is 0.294. The van der Waals surface area contributed by atoms with E-state index in [-0.39, 0.29) is 10.9 Å². The maximum Gasteiger partial charge on any atom is 0.243 e. The summed E-state index contributed by atoms with van der Waals surface area (Å²) in [5, 5.41) is 0. The molecule has 1 unspecified atom stereocenters. The van der Waals surface area contributed by atoms with Gasteiger partial charge in [-0.05, 0) is 42.7 Å². The van der Waals surface area contributed by atoms with Crippen molar-refractivity contribution in [2.45, 2.75) is 23.8 Å². The maximum absolute atomic E-state index is 13.4. The van der Waals surface area contributed by atoms with Crippen molar-refractivity contribution >= 4 is 10.0 Å². The number of sulfonamides is 1. The number of rotatable bonds is 4. The third-order valence-electron chi connectivity index (χ3n) is 4.12. The summed E-state index contributed by atoms with van der Waals surface area (Å²) >= 11 is 0. The molecule has 0 spiro atoms. The second kappa shape index (κ2) is 6.49. The van der Waals surface area contributed by atoms with Gasteiger partial charge in [-0.15, -0.1) is 0 Å². The van der Waals surface area contributed by atoms with Gasteiger partial charge in [0.1, 0.15) is 17.4 Å². The SMILES string of the molecule is COc1cccc(C2CCCN2S(=O)(=O)c2cc(F)cc(F)c2)c1. The van der Waals surface area contributed by atoms with Gasteiger partial charge in [0, 0.05) is 12.6 Å². The molecule has 0 saturated carbocycles. The molecule has 0 aliphatic carbocycles. The zero-order chi connectivity index (χ0) is 17.3. The molecule has 24 heavy (non-hydrogen) atoms. The van der Waals surface area contributed by atoms with Crippen LogP contribution >= 0.6 is 0 Å². The van der Waals surface area contributed by atoms with Crippen molar-refractivity contribution in [1.82, 2.24) is 4.31 Å². The minimum Gasteiger partial charge on any atom is -0.497 e. The number of methoxy groups -OCH3 is 1. The second-order valence-corrected chi connectivity index (χ2v) is 7.55. The summed E-state index contributed by atoms with van der Waals surface area (Å²) in [5.41, 5.74) is 0.798. The monoisotopic (exact) mass is 353 g/mol. The fourth-order valence-corrected chi connectivity index (χ4v) is 4.75. The third kappa shape index (κ3) is 3.14. The molecule has 2 aromatic rings. The Morgan fingerprint density at radius 2 is 1.83 bits per heavy atom. The van der Waals surface area contributed by atoms with Crippen LogP contribution in [0.1, 0.15) is 24.4 Å². The van der Waals surface area contributed by atoms with Gasteiger partial charge in [0.15, 0.2) is 0 Å². The smallest absolute Gasteiger partial charge is 0.243 e. The highest BCUT2D eigenvalue weighted by molar-refractivity contribution is 7.89. The lowest BCUT2D eigenvalue weighted by Crippen LogP contribution is -2.30. The molecule has 1 atom stereocenters. The molecule has 0 N–H and O–H groups in total. The van der Waals surface area contributed by atoms with Crippen LogP contribution in [0, 0.1) is 11.6 Å². The Balaban J connectivity index is 2.00. The minimum absolute atomic E-state index is 0.308. The van der Waals surface area contributed by atoms with E-state index in [0.29, 0.717) is 31.2 Å². The lowest BCUT2D eigenvalue weighted by Gasteiger charge is -2.24. The number of nitrogens with zero attached hydrogens (tertiary/aromatic N) is 1. The molecule has 0 amide bonds. The van der Waals surface area contributed by atoms with Gasteiger partial charge in [-0.2, -0.15) is 4.31 Å². The van der Waals surface area contributed by atoms with E-state index in [1.165, 1.54) is 11.4 Å². The summed E-state index contributed by atoms with van der Waals surface area (Å²) in [5.74, 6) is -1.19. The Hall–Kier alpha value is -1.99. The van der Waals surface area contributed by atoms with E-state index in [0.717, 1.165) is 17.7 Å². The predicted octanol–water partition coefficient (Wildman–Crippen LogP) is 3.50. The van der Waals surface area contributed by atoms with Gasteiger partial charge in [-0.25, -0.2) is 17.2 Å². The van der Waals surface area contributed by atoms with E-state index in [2.05, 4.69) is 0 Å². The topological polar surface area (TPSA) is 46.6 Å². The first-order valence-electron chi connectivity index (χ1n) is 7.54. The number of hydrogen-bond donors (Lipinski definition) is 0. The Morgan fingerprint density at radius 1 is 1.12 bits per heavy atom. The summed E-state index contributed by atoms with van der Waals surface area (Å²) in [4.78, 5) is -0.366. The van der Waals surface area contributed by atoms with Crippen molar-refractivity contribution in [3.63, 3.8) is 0 Å². The Labute approximate surface area is 139 Å². The van der Waals surface area contributed by atoms with Gasteiger partial charge in [-0.1, -0.05) is 12.1 Å². The zero-order valence-corrected chi connectivity index (χ0v) is 13.9. The first kappa shape index (κ1) is 16.9. The molecule has 0 aromatic heterocycles. The van der Waals surface area contributed by atoms with E-state index in [9.17, 15) is 17.2 Å². The second-order valence-electron chi connectivity index (χ2n) is 5.66. The Kier molecular flexibility index (Phi) is 4.56. The molecule has 3 rings (SSSR count). The standard InChI is InChI=1S/C17H17F2NO3S/c1-23-15-5-2-4-12(8-15)17-6-3-7-20(17)24(21,22)16-10-13(18)9-14(19)11-16/h2,4-5,8-11,17H,3,6-7H2,1H3. The summed E-state index contributed by atoms with van der Waals surface area (Å²) in [6.07, 6.45) is 1.32. The molecule has 4 nitrogen and oxygen atoms in total. The lowest BCUT2D eigenvalue weighted by molar-refractivity contribution is 0.389. The molecular weight excluding hydrogens is 336 g/mol. The van der Waals surface area contributed by atoms with Gasteiger partial charge in [-0.3, -0.25) is 0 Å². The van der Waals surface area contributed by atoms with Crippen molar-refractivity contribution in [2.75, 3.05) is 13.7 Å². The van der Waals surface area contributed by atoms with Gasteiger partial charge in [0.25, 0.3) is 0 Å². The van der Waals surface area contributed by atoms with Crippen LogP contribution < -0.4 is 4.74 Å². The molecule has 1 aliphatic rings. The number of ether oxygens (including phenoxy) is 1. The molecule has 1 heterocycles. The van der Waals surface area contributed by atoms with Crippen molar-refractivity contribution in [1.29, 1.82) is 0 Å². The molecular formula is C17H17F2NO3S. The average molecular weight is 353 g/mol. The molecule has 0 radical (unpaired) electrons. The summed E-state index contributed by atoms with van der Waals surface area (Å²) in [6, 6.07) is 9.15. The largest absolute Gasteiger partial charge is 0.497 e. The molecule has 128 valence electrons. The number of benzene rings is 2. The molecule has 0 bridgehead atoms. The van der Waals surface area contributed by atoms with E-state index >= 15 is 0 Å². The van der Waals surface area contributed by atoms with Crippen molar-refractivity contribution in [2.24, 2.45) is 0 Å². The van der Waals surface area contributed by atoms with Crippen molar-refractivity contribution in [3.8, 4) is 5.75 Å². The van der Waals surface area contributed by atoms with Crippen LogP contribution in [-0.4, -0.2) is 26.4 Å². The van der Waals surface area contributed by atoms with Crippen LogP contribution in [0.3, 0.4) is 0 Å². The summed E-state index contributed by atoms with van der Waals surface area (Å²) < 4.78 is 59.0. The molecule has 2 aromatic carbocycles. The first-order chi connectivity index (χ1) is 11.4. The Morgan fingerprint density at radius 3 is 2.50 bits per heavy atom. The highest BCUT2D eigenvalue weighted by atomic mass is 32.2. The number of halogens is 2. The first-order valence-corrected chi connectivity index (χ1v) is 8.98. The van der Waals surface area contributed by atoms with Crippen LogP contribution in [0.2, 0.25) is 0 Å². The van der Waals surface area contributed by atoms with E-state index in [1.807, 2.05) is 6.07 Å². The molecule has 1 fully saturated rings. The van der Waals surface area contributed by atoms with Gasteiger partial charge >= 0.3 is 0 Å². The highest BCUT2D eigenvalue weighted by Gasteiger charge is 2.36. The molecule has 1 aliphatic heterocycles. The van der Waals surface area contributed by atoms with Crippen LogP contribution in [0.25, 0.3) is 0 Å². The summed E-state index contributed by atoms with van der Waals surface area (Å²) in [6.45, 7) is 0.308. The van der Waals surface area contributed by atoms with E-state index in [4.69, 9.17) is 4.74 Å². The third-order valence-corrected chi connectivity index (χ3v) is 6.01. The molecule has 7 heteroatoms. The van der Waals surface area contributed by atoms with Gasteiger partial charge in [0.05, 0.1) is 18.0 Å². The van der Waals surface area contributed by atoms with Gasteiger partial charge < -0.3 is 4.74 Å². The fourth-order valence-electron chi connectivity index (χ4n) is 3.02. The lowest BCUT2D eigenvalue weighted by atomic mass is 10.1. The van der Waals surface area contributed by atoms with Gasteiger partial charge in [0.2, 0.25) is 10.0 Å². The van der Waals surface area contributed by atoms with Crippen molar-refractivity contribution < 1.29 is 21.9 Å². The van der Waals surface area contributed by atoms with E-state index in [1.54, 1.807) is 18.2 Å². The Bertz CT molecular complexity index is 834. The van der Waals surface area contributed by atoms with Crippen LogP contribution in [0.15, 0.2) is 47.4 Å². The van der Waals surface area contributed by atoms with Crippen LogP contribution in [-0.2, 0) is 10.0 Å². The maximum atomic E-state index is 13.4. The molecule has 1 saturated heterocycles. The normalized spacial score (nSPS) is 18.7. The van der Waals surface area contributed by atoms with Crippen LogP contribution in [0.5, 0.6) is 5.75 Å². The van der Waals surface area contributed by atoms with E-state index < -0.39 is 21.7 Å².